The Balaban J connectivity index is 1.78. The van der Waals surface area contributed by atoms with Gasteiger partial charge in [-0.05, 0) is 42.0 Å². The van der Waals surface area contributed by atoms with Gasteiger partial charge in [0, 0.05) is 0 Å². The van der Waals surface area contributed by atoms with Gasteiger partial charge in [-0.2, -0.15) is 13.9 Å². The van der Waals surface area contributed by atoms with Crippen LogP contribution in [0.25, 0.3) is 0 Å². The molecular weight excluding hydrogens is 342 g/mol. The van der Waals surface area contributed by atoms with Gasteiger partial charge in [0.25, 0.3) is 5.91 Å². The predicted molar refractivity (Wildman–Crippen MR) is 85.8 cm³/mol. The fraction of sp³-hybridized carbons (Fsp3) is 0.125. The number of rotatable bonds is 7. The van der Waals surface area contributed by atoms with E-state index in [0.717, 1.165) is 0 Å². The molecule has 0 unspecified atom stereocenters. The molecule has 0 aromatic heterocycles. The first-order chi connectivity index (χ1) is 11.5. The molecule has 0 atom stereocenters. The lowest BCUT2D eigenvalue weighted by molar-refractivity contribution is -0.123. The fourth-order valence-corrected chi connectivity index (χ4v) is 1.84. The quantitative estimate of drug-likeness (QED) is 0.612. The number of halogens is 3. The summed E-state index contributed by atoms with van der Waals surface area (Å²) in [6, 6.07) is 12.6. The molecule has 1 N–H and O–H groups in total. The minimum Gasteiger partial charge on any atom is -0.482 e. The maximum Gasteiger partial charge on any atom is 0.387 e. The molecule has 24 heavy (non-hydrogen) atoms. The third kappa shape index (κ3) is 5.85. The average molecular weight is 355 g/mol. The zero-order valence-electron chi connectivity index (χ0n) is 12.3. The normalized spacial score (nSPS) is 10.8. The van der Waals surface area contributed by atoms with Crippen LogP contribution >= 0.6 is 11.6 Å². The molecule has 0 fully saturated rings. The maximum absolute atomic E-state index is 12.0. The standard InChI is InChI=1S/C16H13ClF2N2O3/c17-13-3-1-2-4-14(13)23-10-15(22)21-20-9-11-5-7-12(8-6-11)24-16(18)19/h1-9,16H,10H2,(H,21,22)/b20-9+. The molecule has 0 radical (unpaired) electrons. The van der Waals surface area contributed by atoms with E-state index >= 15 is 0 Å². The zero-order valence-corrected chi connectivity index (χ0v) is 13.0. The molecule has 0 saturated carbocycles. The molecule has 0 saturated heterocycles. The van der Waals surface area contributed by atoms with Crippen molar-refractivity contribution in [2.45, 2.75) is 6.61 Å². The highest BCUT2D eigenvalue weighted by atomic mass is 35.5. The van der Waals surface area contributed by atoms with Crippen LogP contribution in [0.5, 0.6) is 11.5 Å². The van der Waals surface area contributed by atoms with E-state index in [4.69, 9.17) is 16.3 Å². The molecule has 2 aromatic rings. The zero-order chi connectivity index (χ0) is 17.4. The van der Waals surface area contributed by atoms with E-state index in [-0.39, 0.29) is 12.4 Å². The molecule has 126 valence electrons. The van der Waals surface area contributed by atoms with E-state index < -0.39 is 12.5 Å². The van der Waals surface area contributed by atoms with Crippen LogP contribution in [0.4, 0.5) is 8.78 Å². The van der Waals surface area contributed by atoms with Crippen LogP contribution in [0.15, 0.2) is 53.6 Å². The van der Waals surface area contributed by atoms with Crippen molar-refractivity contribution >= 4 is 23.7 Å². The molecule has 5 nitrogen and oxygen atoms in total. The Kier molecular flexibility index (Phi) is 6.51. The van der Waals surface area contributed by atoms with Crippen molar-refractivity contribution in [3.8, 4) is 11.5 Å². The number of nitrogens with zero attached hydrogens (tertiary/aromatic N) is 1. The highest BCUT2D eigenvalue weighted by molar-refractivity contribution is 6.32. The highest BCUT2D eigenvalue weighted by Gasteiger charge is 2.05. The number of hydrogen-bond acceptors (Lipinski definition) is 4. The molecule has 0 bridgehead atoms. The first-order valence-electron chi connectivity index (χ1n) is 6.78. The molecule has 0 spiro atoms. The summed E-state index contributed by atoms with van der Waals surface area (Å²) < 4.78 is 33.5. The molecular formula is C16H13ClF2N2O3. The van der Waals surface area contributed by atoms with Gasteiger partial charge in [-0.25, -0.2) is 5.43 Å². The molecule has 0 heterocycles. The summed E-state index contributed by atoms with van der Waals surface area (Å²) >= 11 is 5.89. The van der Waals surface area contributed by atoms with Gasteiger partial charge in [0.05, 0.1) is 11.2 Å². The second kappa shape index (κ2) is 8.83. The van der Waals surface area contributed by atoms with Crippen molar-refractivity contribution in [1.82, 2.24) is 5.43 Å². The Morgan fingerprint density at radius 1 is 1.21 bits per heavy atom. The van der Waals surface area contributed by atoms with E-state index in [2.05, 4.69) is 15.3 Å². The summed E-state index contributed by atoms with van der Waals surface area (Å²) in [6.07, 6.45) is 1.36. The number of para-hydroxylation sites is 1. The Bertz CT molecular complexity index is 709. The van der Waals surface area contributed by atoms with Crippen LogP contribution in [0.3, 0.4) is 0 Å². The number of hydrazone groups is 1. The summed E-state index contributed by atoms with van der Waals surface area (Å²) in [4.78, 5) is 11.6. The lowest BCUT2D eigenvalue weighted by Crippen LogP contribution is -2.24. The van der Waals surface area contributed by atoms with Crippen LogP contribution < -0.4 is 14.9 Å². The monoisotopic (exact) mass is 354 g/mol. The van der Waals surface area contributed by atoms with Gasteiger partial charge in [0.1, 0.15) is 11.5 Å². The van der Waals surface area contributed by atoms with Crippen molar-refractivity contribution in [1.29, 1.82) is 0 Å². The summed E-state index contributed by atoms with van der Waals surface area (Å²) in [5, 5.41) is 4.14. The Labute approximate surface area is 141 Å². The molecule has 0 aliphatic carbocycles. The topological polar surface area (TPSA) is 59.9 Å². The lowest BCUT2D eigenvalue weighted by Gasteiger charge is -2.06. The van der Waals surface area contributed by atoms with Gasteiger partial charge in [-0.1, -0.05) is 23.7 Å². The second-order valence-corrected chi connectivity index (χ2v) is 4.87. The van der Waals surface area contributed by atoms with E-state index in [9.17, 15) is 13.6 Å². The molecule has 0 aliphatic heterocycles. The van der Waals surface area contributed by atoms with Crippen molar-refractivity contribution < 1.29 is 23.0 Å². The SMILES string of the molecule is O=C(COc1ccccc1Cl)N/N=C/c1ccc(OC(F)F)cc1. The number of nitrogens with one attached hydrogen (secondary N) is 1. The van der Waals surface area contributed by atoms with E-state index in [1.165, 1.54) is 30.5 Å². The van der Waals surface area contributed by atoms with Crippen molar-refractivity contribution in [3.05, 3.63) is 59.1 Å². The van der Waals surface area contributed by atoms with Crippen molar-refractivity contribution in [2.24, 2.45) is 5.10 Å². The van der Waals surface area contributed by atoms with Crippen molar-refractivity contribution in [2.75, 3.05) is 6.61 Å². The summed E-state index contributed by atoms with van der Waals surface area (Å²) in [6.45, 7) is -3.12. The van der Waals surface area contributed by atoms with Gasteiger partial charge < -0.3 is 9.47 Å². The highest BCUT2D eigenvalue weighted by Crippen LogP contribution is 2.22. The molecule has 0 aliphatic rings. The fourth-order valence-electron chi connectivity index (χ4n) is 1.65. The minimum absolute atomic E-state index is 0.0410. The summed E-state index contributed by atoms with van der Waals surface area (Å²) in [5.41, 5.74) is 2.88. The molecule has 8 heteroatoms. The van der Waals surface area contributed by atoms with E-state index in [1.54, 1.807) is 24.3 Å². The van der Waals surface area contributed by atoms with Crippen LogP contribution in [0, 0.1) is 0 Å². The Morgan fingerprint density at radius 3 is 2.58 bits per heavy atom. The van der Waals surface area contributed by atoms with E-state index in [0.29, 0.717) is 16.3 Å². The third-order valence-corrected chi connectivity index (χ3v) is 3.02. The number of hydrogen-bond donors (Lipinski definition) is 1. The first kappa shape index (κ1) is 17.7. The Hall–Kier alpha value is -2.67. The van der Waals surface area contributed by atoms with Crippen LogP contribution in [0.1, 0.15) is 5.56 Å². The largest absolute Gasteiger partial charge is 0.482 e. The number of ether oxygens (including phenoxy) is 2. The summed E-state index contributed by atoms with van der Waals surface area (Å²) in [5.74, 6) is -0.0314. The van der Waals surface area contributed by atoms with Gasteiger partial charge in [-0.3, -0.25) is 4.79 Å². The first-order valence-corrected chi connectivity index (χ1v) is 7.16. The third-order valence-electron chi connectivity index (χ3n) is 2.70. The van der Waals surface area contributed by atoms with Gasteiger partial charge in [-0.15, -0.1) is 0 Å². The van der Waals surface area contributed by atoms with Crippen LogP contribution in [0.2, 0.25) is 5.02 Å². The van der Waals surface area contributed by atoms with E-state index in [1.807, 2.05) is 0 Å². The number of carbonyl (C=O) groups is 1. The number of amides is 1. The number of alkyl halides is 2. The molecule has 1 amide bonds. The predicted octanol–water partition coefficient (Wildman–Crippen LogP) is 3.47. The summed E-state index contributed by atoms with van der Waals surface area (Å²) in [7, 11) is 0. The lowest BCUT2D eigenvalue weighted by atomic mass is 10.2. The molecule has 2 rings (SSSR count). The second-order valence-electron chi connectivity index (χ2n) is 4.46. The van der Waals surface area contributed by atoms with Gasteiger partial charge in [0.15, 0.2) is 6.61 Å². The Morgan fingerprint density at radius 2 is 1.92 bits per heavy atom. The van der Waals surface area contributed by atoms with Gasteiger partial charge in [0.2, 0.25) is 0 Å². The number of benzene rings is 2. The van der Waals surface area contributed by atoms with Crippen molar-refractivity contribution in [3.63, 3.8) is 0 Å². The number of carbonyl (C=O) groups excluding carboxylic acids is 1. The average Bonchev–Trinajstić information content (AvgIpc) is 2.55. The maximum atomic E-state index is 12.0. The van der Waals surface area contributed by atoms with Crippen LogP contribution in [-0.2, 0) is 4.79 Å². The van der Waals surface area contributed by atoms with Crippen LogP contribution in [-0.4, -0.2) is 25.3 Å². The molecule has 2 aromatic carbocycles. The van der Waals surface area contributed by atoms with Gasteiger partial charge >= 0.3 is 6.61 Å². The minimum atomic E-state index is -2.87. The smallest absolute Gasteiger partial charge is 0.387 e.